The summed E-state index contributed by atoms with van der Waals surface area (Å²) in [7, 11) is -29.1. The van der Waals surface area contributed by atoms with Crippen LogP contribution in [0.5, 0.6) is 0 Å². The van der Waals surface area contributed by atoms with Crippen molar-refractivity contribution < 1.29 is 51.4 Å². The molecule has 3 heterocycles. The second-order valence-corrected chi connectivity index (χ2v) is 36.9. The Morgan fingerprint density at radius 2 is 0.426 bits per heavy atom. The summed E-state index contributed by atoms with van der Waals surface area (Å²) in [5.41, 5.74) is 0. The predicted molar refractivity (Wildman–Crippen MR) is 194 cm³/mol. The lowest BCUT2D eigenvalue weighted by atomic mass is 10.3. The fourth-order valence-corrected chi connectivity index (χ4v) is 45.3. The SMILES string of the molecule is CC(C)C[Si]1(O)O[Si]2(CC(C)C)O[Si](O)(CC(C)C)O[Si]3(CC(C)C)O[Si](O)(CC(C)C)O[Si](CC(C)C)(O1)O[Si](CC(C)C)(O2)O3. The van der Waals surface area contributed by atoms with Crippen LogP contribution in [-0.4, -0.2) is 76.0 Å². The molecular weight excluding hydrogens is 725 g/mol. The topological polar surface area (TPSA) is 144 Å². The molecule has 0 amide bonds. The third-order valence-electron chi connectivity index (χ3n) is 7.45. The van der Waals surface area contributed by atoms with Crippen LogP contribution in [0.4, 0.5) is 0 Å². The van der Waals surface area contributed by atoms with Gasteiger partial charge in [-0.05, 0) is 41.4 Å². The van der Waals surface area contributed by atoms with E-state index < -0.39 is 61.6 Å². The van der Waals surface area contributed by atoms with Crippen LogP contribution in [0.3, 0.4) is 0 Å². The minimum atomic E-state index is -4.27. The van der Waals surface area contributed by atoms with Gasteiger partial charge in [-0.25, -0.2) is 0 Å². The Morgan fingerprint density at radius 1 is 0.277 bits per heavy atom. The molecule has 3 aliphatic rings. The van der Waals surface area contributed by atoms with Crippen molar-refractivity contribution in [2.75, 3.05) is 0 Å². The molecule has 47 heavy (non-hydrogen) atoms. The molecule has 0 aromatic rings. The Hall–Kier alpha value is 1.04. The van der Waals surface area contributed by atoms with E-state index in [2.05, 4.69) is 13.8 Å². The Bertz CT molecular complexity index is 897. The summed E-state index contributed by atoms with van der Waals surface area (Å²) >= 11 is 0. The molecule has 4 bridgehead atoms. The van der Waals surface area contributed by atoms with Gasteiger partial charge in [-0.2, -0.15) is 0 Å². The Morgan fingerprint density at radius 3 is 0.574 bits per heavy atom. The van der Waals surface area contributed by atoms with E-state index >= 15 is 0 Å². The first-order valence-corrected chi connectivity index (χ1v) is 31.4. The summed E-state index contributed by atoms with van der Waals surface area (Å²) in [4.78, 5) is 37.9. The predicted octanol–water partition coefficient (Wildman–Crippen LogP) is 6.32. The van der Waals surface area contributed by atoms with E-state index in [4.69, 9.17) is 37.0 Å². The monoisotopic (exact) mass is 790 g/mol. The van der Waals surface area contributed by atoms with Gasteiger partial charge in [0.15, 0.2) is 0 Å². The van der Waals surface area contributed by atoms with Crippen molar-refractivity contribution in [3.63, 3.8) is 0 Å². The summed E-state index contributed by atoms with van der Waals surface area (Å²) in [6.45, 7) is 28.2. The summed E-state index contributed by atoms with van der Waals surface area (Å²) in [6.07, 6.45) is 0. The lowest BCUT2D eigenvalue weighted by Gasteiger charge is -2.57. The van der Waals surface area contributed by atoms with Crippen LogP contribution in [0.15, 0.2) is 0 Å². The molecular formula is C28H66O12Si7. The number of hydrogen-bond acceptors (Lipinski definition) is 12. The van der Waals surface area contributed by atoms with Crippen LogP contribution in [-0.2, 0) is 37.0 Å². The summed E-state index contributed by atoms with van der Waals surface area (Å²) in [5, 5.41) is 0. The van der Waals surface area contributed by atoms with E-state index in [1.54, 1.807) is 0 Å². The molecule has 0 spiro atoms. The van der Waals surface area contributed by atoms with E-state index in [1.165, 1.54) is 0 Å². The zero-order chi connectivity index (χ0) is 35.9. The molecule has 0 radical (unpaired) electrons. The van der Waals surface area contributed by atoms with Crippen LogP contribution < -0.4 is 0 Å². The molecule has 3 fully saturated rings. The van der Waals surface area contributed by atoms with Gasteiger partial charge in [0.2, 0.25) is 0 Å². The van der Waals surface area contributed by atoms with Crippen molar-refractivity contribution in [2.45, 2.75) is 139 Å². The summed E-state index contributed by atoms with van der Waals surface area (Å²) in [5.74, 6) is -0.0634. The van der Waals surface area contributed by atoms with E-state index in [-0.39, 0.29) is 77.7 Å². The first-order valence-electron chi connectivity index (χ1n) is 17.8. The maximum Gasteiger partial charge on any atom is 0.483 e. The highest BCUT2D eigenvalue weighted by Gasteiger charge is 2.77. The van der Waals surface area contributed by atoms with Crippen molar-refractivity contribution in [3.8, 4) is 0 Å². The van der Waals surface area contributed by atoms with Crippen molar-refractivity contribution >= 4 is 61.6 Å². The van der Waals surface area contributed by atoms with E-state index in [9.17, 15) is 14.4 Å². The standard InChI is InChI=1S/C28H66O12Si7/c1-22(2)15-41(29)32-44(18-25(7)8)34-42(30,16-23(3)4)36-46(20-27(11)12)37-43(31,17-24(5)6)35-45(33-41,19-26(9)10)39-47(38-44,40-46)21-28(13)14/h22-31H,15-21H2,1-14H3. The van der Waals surface area contributed by atoms with E-state index in [0.29, 0.717) is 6.04 Å². The summed E-state index contributed by atoms with van der Waals surface area (Å²) in [6, 6.07) is 1.72. The molecule has 278 valence electrons. The number of hydrogen-bond donors (Lipinski definition) is 3. The first-order chi connectivity index (χ1) is 21.3. The molecule has 19 heteroatoms. The first kappa shape index (κ1) is 42.5. The lowest BCUT2D eigenvalue weighted by Crippen LogP contribution is -2.82. The van der Waals surface area contributed by atoms with Gasteiger partial charge in [0, 0.05) is 42.3 Å². The second-order valence-electron chi connectivity index (χ2n) is 17.0. The molecule has 0 unspecified atom stereocenters. The Labute approximate surface area is 292 Å². The molecule has 0 saturated carbocycles. The number of fused-ring (bicyclic) bond motifs is 3. The average Bonchev–Trinajstić information content (AvgIpc) is 2.70. The fraction of sp³-hybridized carbons (Fsp3) is 1.00. The summed E-state index contributed by atoms with van der Waals surface area (Å²) < 4.78 is 63.5. The van der Waals surface area contributed by atoms with Crippen LogP contribution in [0.1, 0.15) is 96.9 Å². The smallest absolute Gasteiger partial charge is 0.391 e. The minimum Gasteiger partial charge on any atom is -0.391 e. The average molecular weight is 791 g/mol. The van der Waals surface area contributed by atoms with Gasteiger partial charge >= 0.3 is 61.6 Å². The molecule has 3 saturated heterocycles. The molecule has 3 rings (SSSR count). The molecule has 3 N–H and O–H groups in total. The van der Waals surface area contributed by atoms with Crippen molar-refractivity contribution in [1.82, 2.24) is 0 Å². The van der Waals surface area contributed by atoms with Crippen molar-refractivity contribution in [1.29, 1.82) is 0 Å². The zero-order valence-electron chi connectivity index (χ0n) is 31.5. The maximum absolute atomic E-state index is 12.6. The molecule has 0 aromatic carbocycles. The zero-order valence-corrected chi connectivity index (χ0v) is 38.5. The van der Waals surface area contributed by atoms with Crippen LogP contribution in [0, 0.1) is 41.4 Å². The maximum atomic E-state index is 12.6. The van der Waals surface area contributed by atoms with Crippen LogP contribution in [0.25, 0.3) is 0 Å². The molecule has 0 aromatic heterocycles. The Kier molecular flexibility index (Phi) is 14.1. The largest absolute Gasteiger partial charge is 0.483 e. The third kappa shape index (κ3) is 11.8. The molecule has 12 nitrogen and oxygen atoms in total. The Balaban J connectivity index is 2.51. The molecule has 3 aliphatic heterocycles. The fourth-order valence-electron chi connectivity index (χ4n) is 6.78. The van der Waals surface area contributed by atoms with Gasteiger partial charge in [-0.1, -0.05) is 96.9 Å². The second kappa shape index (κ2) is 15.6. The van der Waals surface area contributed by atoms with Gasteiger partial charge < -0.3 is 51.4 Å². The highest BCUT2D eigenvalue weighted by atomic mass is 28.6. The highest BCUT2D eigenvalue weighted by molar-refractivity contribution is 6.98. The van der Waals surface area contributed by atoms with Crippen LogP contribution in [0.2, 0.25) is 42.3 Å². The quantitative estimate of drug-likeness (QED) is 0.170. The van der Waals surface area contributed by atoms with Gasteiger partial charge in [0.05, 0.1) is 0 Å². The van der Waals surface area contributed by atoms with Crippen LogP contribution >= 0.6 is 0 Å². The molecule has 0 aliphatic carbocycles. The van der Waals surface area contributed by atoms with Gasteiger partial charge in [0.1, 0.15) is 0 Å². The normalized spacial score (nSPS) is 40.1. The van der Waals surface area contributed by atoms with Crippen molar-refractivity contribution in [2.24, 2.45) is 41.4 Å². The van der Waals surface area contributed by atoms with Gasteiger partial charge in [0.25, 0.3) is 0 Å². The highest BCUT2D eigenvalue weighted by Crippen LogP contribution is 2.49. The van der Waals surface area contributed by atoms with E-state index in [0.717, 1.165) is 0 Å². The molecule has 0 atom stereocenters. The van der Waals surface area contributed by atoms with Crippen molar-refractivity contribution in [3.05, 3.63) is 0 Å². The van der Waals surface area contributed by atoms with Gasteiger partial charge in [-0.3, -0.25) is 0 Å². The third-order valence-corrected chi connectivity index (χ3v) is 39.3. The van der Waals surface area contributed by atoms with Gasteiger partial charge in [-0.15, -0.1) is 0 Å². The minimum absolute atomic E-state index is 0.000137. The number of rotatable bonds is 14. The lowest BCUT2D eigenvalue weighted by molar-refractivity contribution is 0.00350. The van der Waals surface area contributed by atoms with E-state index in [1.807, 2.05) is 83.1 Å².